The summed E-state index contributed by atoms with van der Waals surface area (Å²) in [5.41, 5.74) is 0.555. The van der Waals surface area contributed by atoms with E-state index >= 15 is 0 Å². The van der Waals surface area contributed by atoms with Crippen molar-refractivity contribution in [3.05, 3.63) is 77.4 Å². The Morgan fingerprint density at radius 3 is 2.36 bits per heavy atom. The fraction of sp³-hybridized carbons (Fsp3) is 0.0556. The lowest BCUT2D eigenvalue weighted by Gasteiger charge is -2.10. The Hall–Kier alpha value is -2.57. The number of aromatic nitrogens is 1. The zero-order chi connectivity index (χ0) is 17.9. The van der Waals surface area contributed by atoms with Crippen LogP contribution in [-0.2, 0) is 10.1 Å². The van der Waals surface area contributed by atoms with Gasteiger partial charge in [-0.2, -0.15) is 8.42 Å². The van der Waals surface area contributed by atoms with Gasteiger partial charge >= 0.3 is 10.1 Å². The lowest BCUT2D eigenvalue weighted by molar-refractivity contribution is 0.459. The highest BCUT2D eigenvalue weighted by molar-refractivity contribution is 7.87. The zero-order valence-corrected chi connectivity index (χ0v) is 14.8. The van der Waals surface area contributed by atoms with Crippen molar-refractivity contribution >= 4 is 21.7 Å². The van der Waals surface area contributed by atoms with Gasteiger partial charge in [-0.15, -0.1) is 0 Å². The van der Waals surface area contributed by atoms with Gasteiger partial charge in [0, 0.05) is 17.3 Å². The van der Waals surface area contributed by atoms with Gasteiger partial charge in [0.15, 0.2) is 0 Å². The van der Waals surface area contributed by atoms with Crippen molar-refractivity contribution in [2.75, 3.05) is 0 Å². The first-order valence-corrected chi connectivity index (χ1v) is 9.12. The topological polar surface area (TPSA) is 65.5 Å². The molecule has 3 aromatic rings. The largest absolute Gasteiger partial charge is 0.439 e. The van der Waals surface area contributed by atoms with E-state index in [9.17, 15) is 8.42 Å². The second-order valence-corrected chi connectivity index (χ2v) is 7.14. The van der Waals surface area contributed by atoms with Crippen molar-refractivity contribution in [1.29, 1.82) is 0 Å². The second-order valence-electron chi connectivity index (χ2n) is 5.19. The maximum Gasteiger partial charge on any atom is 0.339 e. The molecule has 0 fully saturated rings. The minimum absolute atomic E-state index is 0.0359. The van der Waals surface area contributed by atoms with Gasteiger partial charge in [0.2, 0.25) is 5.88 Å². The monoisotopic (exact) mass is 375 g/mol. The Bertz CT molecular complexity index is 974. The maximum atomic E-state index is 12.4. The third-order valence-electron chi connectivity index (χ3n) is 3.31. The van der Waals surface area contributed by atoms with Crippen molar-refractivity contribution in [1.82, 2.24) is 4.98 Å². The van der Waals surface area contributed by atoms with Gasteiger partial charge < -0.3 is 8.92 Å². The predicted octanol–water partition coefficient (Wildman–Crippen LogP) is 4.60. The fourth-order valence-electron chi connectivity index (χ4n) is 2.11. The normalized spacial score (nSPS) is 11.1. The fourth-order valence-corrected chi connectivity index (χ4v) is 3.53. The van der Waals surface area contributed by atoms with Crippen LogP contribution in [0.15, 0.2) is 71.8 Å². The molecule has 0 aliphatic rings. The Labute approximate surface area is 150 Å². The van der Waals surface area contributed by atoms with Crippen molar-refractivity contribution in [3.63, 3.8) is 0 Å². The molecule has 0 atom stereocenters. The van der Waals surface area contributed by atoms with Gasteiger partial charge in [0.25, 0.3) is 0 Å². The van der Waals surface area contributed by atoms with Gasteiger partial charge in [0.05, 0.1) is 0 Å². The van der Waals surface area contributed by atoms with E-state index in [0.717, 1.165) is 0 Å². The SMILES string of the molecule is Cc1ccc(Cl)cc1S(=O)(=O)Oc1ccc(Oc2ccccn2)cc1. The van der Waals surface area contributed by atoms with Crippen molar-refractivity contribution < 1.29 is 17.3 Å². The molecule has 0 aliphatic heterocycles. The van der Waals surface area contributed by atoms with Gasteiger partial charge in [-0.25, -0.2) is 4.98 Å². The molecule has 0 radical (unpaired) electrons. The molecular formula is C18H14ClNO4S. The van der Waals surface area contributed by atoms with Crippen molar-refractivity contribution in [2.45, 2.75) is 11.8 Å². The van der Waals surface area contributed by atoms with Crippen LogP contribution in [0.4, 0.5) is 0 Å². The standard InChI is InChI=1S/C18H14ClNO4S/c1-13-5-6-14(19)12-17(13)25(21,22)24-16-9-7-15(8-10-16)23-18-4-2-3-11-20-18/h2-12H,1H3. The molecule has 2 aromatic carbocycles. The van der Waals surface area contributed by atoms with Crippen LogP contribution in [0, 0.1) is 6.92 Å². The summed E-state index contributed by atoms with van der Waals surface area (Å²) in [5.74, 6) is 1.13. The number of benzene rings is 2. The summed E-state index contributed by atoms with van der Waals surface area (Å²) in [6, 6.07) is 16.1. The number of aryl methyl sites for hydroxylation is 1. The molecule has 1 heterocycles. The number of ether oxygens (including phenoxy) is 1. The molecule has 0 bridgehead atoms. The summed E-state index contributed by atoms with van der Waals surface area (Å²) in [6.07, 6.45) is 1.62. The van der Waals surface area contributed by atoms with E-state index in [1.165, 1.54) is 18.2 Å². The second kappa shape index (κ2) is 7.13. The van der Waals surface area contributed by atoms with Gasteiger partial charge in [0.1, 0.15) is 16.4 Å². The van der Waals surface area contributed by atoms with Crippen LogP contribution in [0.25, 0.3) is 0 Å². The third kappa shape index (κ3) is 4.29. The molecule has 0 aliphatic carbocycles. The van der Waals surface area contributed by atoms with E-state index in [0.29, 0.717) is 22.2 Å². The number of pyridine rings is 1. The predicted molar refractivity (Wildman–Crippen MR) is 94.8 cm³/mol. The summed E-state index contributed by atoms with van der Waals surface area (Å²) in [6.45, 7) is 1.68. The van der Waals surface area contributed by atoms with E-state index in [2.05, 4.69) is 4.98 Å². The summed E-state index contributed by atoms with van der Waals surface area (Å²) in [5, 5.41) is 0.326. The van der Waals surface area contributed by atoms with Gasteiger partial charge in [-0.05, 0) is 55.0 Å². The van der Waals surface area contributed by atoms with E-state index in [4.69, 9.17) is 20.5 Å². The van der Waals surface area contributed by atoms with E-state index in [1.54, 1.807) is 55.6 Å². The maximum absolute atomic E-state index is 12.4. The molecule has 5 nitrogen and oxygen atoms in total. The first-order valence-electron chi connectivity index (χ1n) is 7.34. The highest BCUT2D eigenvalue weighted by atomic mass is 35.5. The first-order chi connectivity index (χ1) is 11.9. The summed E-state index contributed by atoms with van der Waals surface area (Å²) in [7, 11) is -3.98. The van der Waals surface area contributed by atoms with Crippen LogP contribution in [-0.4, -0.2) is 13.4 Å². The molecular weight excluding hydrogens is 362 g/mol. The molecule has 0 N–H and O–H groups in total. The van der Waals surface area contributed by atoms with Crippen LogP contribution in [0.5, 0.6) is 17.4 Å². The minimum atomic E-state index is -3.98. The van der Waals surface area contributed by atoms with E-state index in [-0.39, 0.29) is 10.6 Å². The lowest BCUT2D eigenvalue weighted by Crippen LogP contribution is -2.11. The number of halogens is 1. The first kappa shape index (κ1) is 17.3. The molecule has 0 saturated heterocycles. The average molecular weight is 376 g/mol. The number of nitrogens with zero attached hydrogens (tertiary/aromatic N) is 1. The quantitative estimate of drug-likeness (QED) is 0.609. The third-order valence-corrected chi connectivity index (χ3v) is 4.93. The summed E-state index contributed by atoms with van der Waals surface area (Å²) in [4.78, 5) is 4.09. The minimum Gasteiger partial charge on any atom is -0.439 e. The lowest BCUT2D eigenvalue weighted by atomic mass is 10.2. The molecule has 0 saturated carbocycles. The molecule has 0 spiro atoms. The summed E-state index contributed by atoms with van der Waals surface area (Å²) < 4.78 is 35.6. The van der Waals surface area contributed by atoms with Gasteiger partial charge in [-0.3, -0.25) is 0 Å². The Morgan fingerprint density at radius 2 is 1.68 bits per heavy atom. The van der Waals surface area contributed by atoms with Crippen LogP contribution >= 0.6 is 11.6 Å². The molecule has 128 valence electrons. The Balaban J connectivity index is 1.78. The Morgan fingerprint density at radius 1 is 0.960 bits per heavy atom. The van der Waals surface area contributed by atoms with Crippen LogP contribution in [0.1, 0.15) is 5.56 Å². The summed E-state index contributed by atoms with van der Waals surface area (Å²) >= 11 is 5.88. The highest BCUT2D eigenvalue weighted by Gasteiger charge is 2.19. The van der Waals surface area contributed by atoms with Crippen LogP contribution in [0.3, 0.4) is 0 Å². The van der Waals surface area contributed by atoms with Gasteiger partial charge in [-0.1, -0.05) is 23.7 Å². The number of hydrogen-bond acceptors (Lipinski definition) is 5. The number of hydrogen-bond donors (Lipinski definition) is 0. The Kier molecular flexibility index (Phi) is 4.92. The molecule has 0 amide bonds. The highest BCUT2D eigenvalue weighted by Crippen LogP contribution is 2.26. The van der Waals surface area contributed by atoms with E-state index < -0.39 is 10.1 Å². The molecule has 0 unspecified atom stereocenters. The average Bonchev–Trinajstić information content (AvgIpc) is 2.59. The van der Waals surface area contributed by atoms with Crippen molar-refractivity contribution in [2.24, 2.45) is 0 Å². The molecule has 7 heteroatoms. The molecule has 25 heavy (non-hydrogen) atoms. The van der Waals surface area contributed by atoms with E-state index in [1.807, 2.05) is 0 Å². The molecule has 3 rings (SSSR count). The van der Waals surface area contributed by atoms with Crippen LogP contribution < -0.4 is 8.92 Å². The molecule has 1 aromatic heterocycles. The smallest absolute Gasteiger partial charge is 0.339 e. The van der Waals surface area contributed by atoms with Crippen LogP contribution in [0.2, 0.25) is 5.02 Å². The zero-order valence-electron chi connectivity index (χ0n) is 13.2. The van der Waals surface area contributed by atoms with Crippen molar-refractivity contribution in [3.8, 4) is 17.4 Å². The number of rotatable bonds is 5.